The lowest BCUT2D eigenvalue weighted by Gasteiger charge is -2.30. The number of ether oxygens (including phenoxy) is 1. The van der Waals surface area contributed by atoms with Gasteiger partial charge in [-0.1, -0.05) is 18.3 Å². The van der Waals surface area contributed by atoms with Gasteiger partial charge in [-0.3, -0.25) is 9.59 Å². The van der Waals surface area contributed by atoms with Gasteiger partial charge in [-0.25, -0.2) is 8.42 Å². The number of thiazole rings is 1. The summed E-state index contributed by atoms with van der Waals surface area (Å²) in [6.45, 7) is 3.24. The standard InChI is InChI=1S/C19H25N3O5S2/c1-13-6-8-22(9-7-13)18(24)12-29(25,26)11-17(23)20-19-21(2)15-5-4-14(27-3)10-16(15)28-19/h4-5,10,13H,6-9,11-12H2,1-3H3. The fourth-order valence-electron chi connectivity index (χ4n) is 3.26. The predicted octanol–water partition coefficient (Wildman–Crippen LogP) is 1.35. The quantitative estimate of drug-likeness (QED) is 0.700. The molecule has 2 aromatic rings. The van der Waals surface area contributed by atoms with Crippen LogP contribution < -0.4 is 9.54 Å². The van der Waals surface area contributed by atoms with Crippen molar-refractivity contribution in [1.29, 1.82) is 0 Å². The Morgan fingerprint density at radius 3 is 2.59 bits per heavy atom. The van der Waals surface area contributed by atoms with Gasteiger partial charge in [0.1, 0.15) is 17.3 Å². The maximum Gasteiger partial charge on any atom is 0.263 e. The van der Waals surface area contributed by atoms with Crippen molar-refractivity contribution in [2.45, 2.75) is 19.8 Å². The van der Waals surface area contributed by atoms with Crippen LogP contribution in [0.1, 0.15) is 19.8 Å². The van der Waals surface area contributed by atoms with E-state index in [0.717, 1.165) is 23.1 Å². The van der Waals surface area contributed by atoms with Crippen LogP contribution in [0.2, 0.25) is 0 Å². The summed E-state index contributed by atoms with van der Waals surface area (Å²) in [6, 6.07) is 5.49. The van der Waals surface area contributed by atoms with Crippen molar-refractivity contribution < 1.29 is 22.7 Å². The third-order valence-electron chi connectivity index (χ3n) is 5.06. The van der Waals surface area contributed by atoms with Gasteiger partial charge in [-0.15, -0.1) is 0 Å². The molecule has 0 radical (unpaired) electrons. The lowest BCUT2D eigenvalue weighted by molar-refractivity contribution is -0.129. The molecule has 1 saturated heterocycles. The van der Waals surface area contributed by atoms with Crippen LogP contribution in [0.25, 0.3) is 10.2 Å². The number of carbonyl (C=O) groups excluding carboxylic acids is 2. The monoisotopic (exact) mass is 439 g/mol. The molecule has 8 nitrogen and oxygen atoms in total. The van der Waals surface area contributed by atoms with Gasteiger partial charge in [0, 0.05) is 20.1 Å². The SMILES string of the molecule is COc1ccc2c(c1)sc(=NC(=O)CS(=O)(=O)CC(=O)N1CCC(C)CC1)n2C. The molecular weight excluding hydrogens is 414 g/mol. The highest BCUT2D eigenvalue weighted by Crippen LogP contribution is 2.22. The number of nitrogens with zero attached hydrogens (tertiary/aromatic N) is 3. The van der Waals surface area contributed by atoms with Gasteiger partial charge < -0.3 is 14.2 Å². The number of piperidine rings is 1. The second-order valence-electron chi connectivity index (χ2n) is 7.38. The summed E-state index contributed by atoms with van der Waals surface area (Å²) in [7, 11) is -0.549. The first kappa shape index (κ1) is 21.5. The molecule has 1 aliphatic rings. The van der Waals surface area contributed by atoms with E-state index in [2.05, 4.69) is 11.9 Å². The minimum Gasteiger partial charge on any atom is -0.497 e. The molecule has 1 aromatic heterocycles. The number of amides is 2. The second-order valence-corrected chi connectivity index (χ2v) is 10.5. The Morgan fingerprint density at radius 1 is 1.24 bits per heavy atom. The smallest absolute Gasteiger partial charge is 0.263 e. The highest BCUT2D eigenvalue weighted by molar-refractivity contribution is 7.92. The summed E-state index contributed by atoms with van der Waals surface area (Å²) >= 11 is 1.27. The fraction of sp³-hybridized carbons (Fsp3) is 0.526. The molecule has 1 aliphatic heterocycles. The van der Waals surface area contributed by atoms with Crippen molar-refractivity contribution in [2.24, 2.45) is 18.0 Å². The molecule has 0 unspecified atom stereocenters. The molecule has 2 heterocycles. The van der Waals surface area contributed by atoms with E-state index in [1.54, 1.807) is 29.7 Å². The van der Waals surface area contributed by atoms with Crippen LogP contribution in [0, 0.1) is 5.92 Å². The molecule has 29 heavy (non-hydrogen) atoms. The average molecular weight is 440 g/mol. The summed E-state index contributed by atoms with van der Waals surface area (Å²) in [5.74, 6) is -1.43. The van der Waals surface area contributed by atoms with E-state index in [4.69, 9.17) is 4.74 Å². The zero-order chi connectivity index (χ0) is 21.2. The zero-order valence-electron chi connectivity index (χ0n) is 16.8. The number of likely N-dealkylation sites (tertiary alicyclic amines) is 1. The second kappa shape index (κ2) is 8.66. The Balaban J connectivity index is 1.71. The average Bonchev–Trinajstić information content (AvgIpc) is 2.96. The van der Waals surface area contributed by atoms with E-state index in [1.807, 2.05) is 12.1 Å². The lowest BCUT2D eigenvalue weighted by atomic mass is 9.99. The Kier molecular flexibility index (Phi) is 6.42. The summed E-state index contributed by atoms with van der Waals surface area (Å²) < 4.78 is 32.5. The van der Waals surface area contributed by atoms with E-state index in [9.17, 15) is 18.0 Å². The first-order valence-corrected chi connectivity index (χ1v) is 12.0. The molecule has 3 rings (SSSR count). The summed E-state index contributed by atoms with van der Waals surface area (Å²) in [6.07, 6.45) is 1.74. The molecule has 2 amide bonds. The van der Waals surface area contributed by atoms with Gasteiger partial charge in [0.2, 0.25) is 5.91 Å². The Hall–Kier alpha value is -2.20. The topological polar surface area (TPSA) is 98.0 Å². The molecule has 1 aromatic carbocycles. The number of rotatable bonds is 5. The van der Waals surface area contributed by atoms with Gasteiger partial charge in [0.05, 0.1) is 17.3 Å². The number of benzene rings is 1. The van der Waals surface area contributed by atoms with Crippen LogP contribution in [0.4, 0.5) is 0 Å². The largest absolute Gasteiger partial charge is 0.497 e. The van der Waals surface area contributed by atoms with Gasteiger partial charge in [0.15, 0.2) is 14.6 Å². The predicted molar refractivity (Wildman–Crippen MR) is 112 cm³/mol. The zero-order valence-corrected chi connectivity index (χ0v) is 18.4. The number of aryl methyl sites for hydroxylation is 1. The number of methoxy groups -OCH3 is 1. The molecule has 0 bridgehead atoms. The fourth-order valence-corrected chi connectivity index (χ4v) is 5.43. The molecule has 0 spiro atoms. The van der Waals surface area contributed by atoms with E-state index in [1.165, 1.54) is 11.3 Å². The highest BCUT2D eigenvalue weighted by Gasteiger charge is 2.26. The maximum absolute atomic E-state index is 12.3. The lowest BCUT2D eigenvalue weighted by Crippen LogP contribution is -2.41. The molecule has 0 atom stereocenters. The highest BCUT2D eigenvalue weighted by atomic mass is 32.2. The van der Waals surface area contributed by atoms with E-state index in [-0.39, 0.29) is 0 Å². The summed E-state index contributed by atoms with van der Waals surface area (Å²) in [4.78, 5) is 30.5. The van der Waals surface area contributed by atoms with Crippen LogP contribution in [0.3, 0.4) is 0 Å². The number of sulfone groups is 1. The first-order chi connectivity index (χ1) is 13.7. The van der Waals surface area contributed by atoms with E-state index < -0.39 is 33.2 Å². The molecule has 1 fully saturated rings. The maximum atomic E-state index is 12.3. The third kappa shape index (κ3) is 5.24. The number of aromatic nitrogens is 1. The molecule has 10 heteroatoms. The van der Waals surface area contributed by atoms with Gasteiger partial charge in [0.25, 0.3) is 5.91 Å². The Bertz CT molecular complexity index is 1090. The van der Waals surface area contributed by atoms with Crippen molar-refractivity contribution in [3.05, 3.63) is 23.0 Å². The van der Waals surface area contributed by atoms with Crippen molar-refractivity contribution in [3.63, 3.8) is 0 Å². The number of hydrogen-bond acceptors (Lipinski definition) is 6. The number of fused-ring (bicyclic) bond motifs is 1. The van der Waals surface area contributed by atoms with Crippen molar-refractivity contribution >= 4 is 43.2 Å². The Morgan fingerprint density at radius 2 is 1.93 bits per heavy atom. The normalized spacial score (nSPS) is 16.4. The molecule has 158 valence electrons. The van der Waals surface area contributed by atoms with Gasteiger partial charge in [-0.2, -0.15) is 4.99 Å². The van der Waals surface area contributed by atoms with Crippen LogP contribution in [0.5, 0.6) is 5.75 Å². The van der Waals surface area contributed by atoms with E-state index >= 15 is 0 Å². The molecule has 0 saturated carbocycles. The minimum atomic E-state index is -3.88. The number of carbonyl (C=O) groups is 2. The summed E-state index contributed by atoms with van der Waals surface area (Å²) in [5, 5.41) is 0. The van der Waals surface area contributed by atoms with Crippen LogP contribution in [-0.4, -0.2) is 61.4 Å². The Labute approximate surface area is 173 Å². The third-order valence-corrected chi connectivity index (χ3v) is 7.53. The van der Waals surface area contributed by atoms with Gasteiger partial charge in [-0.05, 0) is 37.0 Å². The van der Waals surface area contributed by atoms with Crippen LogP contribution in [-0.2, 0) is 26.5 Å². The number of hydrogen-bond donors (Lipinski definition) is 0. The van der Waals surface area contributed by atoms with Gasteiger partial charge >= 0.3 is 0 Å². The molecule has 0 aliphatic carbocycles. The minimum absolute atomic E-state index is 0.393. The van der Waals surface area contributed by atoms with E-state index in [0.29, 0.717) is 29.6 Å². The van der Waals surface area contributed by atoms with Crippen LogP contribution >= 0.6 is 11.3 Å². The first-order valence-electron chi connectivity index (χ1n) is 9.38. The molecular formula is C19H25N3O5S2. The van der Waals surface area contributed by atoms with Crippen molar-refractivity contribution in [1.82, 2.24) is 9.47 Å². The van der Waals surface area contributed by atoms with Crippen LogP contribution in [0.15, 0.2) is 23.2 Å². The molecule has 0 N–H and O–H groups in total. The van der Waals surface area contributed by atoms with Crippen molar-refractivity contribution in [3.8, 4) is 5.75 Å². The van der Waals surface area contributed by atoms with Crippen molar-refractivity contribution in [2.75, 3.05) is 31.7 Å². The summed E-state index contributed by atoms with van der Waals surface area (Å²) in [5.41, 5.74) is 0.861.